The van der Waals surface area contributed by atoms with E-state index in [1.807, 2.05) is 6.09 Å². The zero-order valence-corrected chi connectivity index (χ0v) is 9.35. The number of nitrogens with zero attached hydrogens (tertiary/aromatic N) is 2. The minimum absolute atomic E-state index is 0.565. The van der Waals surface area contributed by atoms with Crippen LogP contribution in [0.3, 0.4) is 0 Å². The Balaban J connectivity index is 2.14. The maximum atomic E-state index is 8.19. The van der Waals surface area contributed by atoms with Crippen LogP contribution in [0.15, 0.2) is 0 Å². The summed E-state index contributed by atoms with van der Waals surface area (Å²) in [5.74, 6) is 2.62. The van der Waals surface area contributed by atoms with E-state index < -0.39 is 0 Å². The van der Waals surface area contributed by atoms with Crippen molar-refractivity contribution in [1.29, 1.82) is 5.26 Å². The normalized spacial score (nSPS) is 16.5. The first-order chi connectivity index (χ1) is 7.86. The van der Waals surface area contributed by atoms with E-state index in [1.165, 1.54) is 7.12 Å². The predicted octanol–water partition coefficient (Wildman–Crippen LogP) is -0.0597. The summed E-state index contributed by atoms with van der Waals surface area (Å²) in [6, 6.07) is 0.565. The summed E-state index contributed by atoms with van der Waals surface area (Å²) in [7, 11) is 1.42. The van der Waals surface area contributed by atoms with Crippen LogP contribution < -0.4 is 5.32 Å². The molecule has 1 rings (SSSR count). The van der Waals surface area contributed by atoms with Crippen molar-refractivity contribution in [2.24, 2.45) is 0 Å². The molecule has 1 fully saturated rings. The van der Waals surface area contributed by atoms with Crippen molar-refractivity contribution in [3.8, 4) is 18.6 Å². The van der Waals surface area contributed by atoms with Crippen molar-refractivity contribution in [2.75, 3.05) is 19.6 Å². The van der Waals surface area contributed by atoms with Gasteiger partial charge in [0.05, 0.1) is 0 Å². The molecule has 0 aromatic rings. The molecule has 0 aromatic heterocycles. The first-order valence-corrected chi connectivity index (χ1v) is 5.49. The summed E-state index contributed by atoms with van der Waals surface area (Å²) in [4.78, 5) is 2.15. The summed E-state index contributed by atoms with van der Waals surface area (Å²) >= 11 is 0. The Morgan fingerprint density at radius 2 is 2.31 bits per heavy atom. The van der Waals surface area contributed by atoms with Gasteiger partial charge in [0.15, 0.2) is 0 Å². The van der Waals surface area contributed by atoms with Crippen molar-refractivity contribution < 1.29 is 4.65 Å². The third kappa shape index (κ3) is 4.86. The predicted molar refractivity (Wildman–Crippen MR) is 64.6 cm³/mol. The van der Waals surface area contributed by atoms with Gasteiger partial charge in [0.1, 0.15) is 0 Å². The van der Waals surface area contributed by atoms with Crippen LogP contribution in [-0.2, 0) is 4.65 Å². The van der Waals surface area contributed by atoms with Gasteiger partial charge in [0.2, 0.25) is 0 Å². The first kappa shape index (κ1) is 12.6. The molecule has 4 nitrogen and oxygen atoms in total. The van der Waals surface area contributed by atoms with Crippen LogP contribution in [0.25, 0.3) is 0 Å². The Hall–Kier alpha value is -1.46. The molecule has 0 saturated carbocycles. The van der Waals surface area contributed by atoms with E-state index in [4.69, 9.17) is 11.7 Å². The van der Waals surface area contributed by atoms with Gasteiger partial charge in [-0.2, -0.15) is 0 Å². The number of nitriles is 1. The van der Waals surface area contributed by atoms with Crippen LogP contribution in [0, 0.1) is 23.9 Å². The Morgan fingerprint density at radius 1 is 1.56 bits per heavy atom. The van der Waals surface area contributed by atoms with E-state index >= 15 is 0 Å². The molecule has 1 heterocycles. The molecule has 1 aliphatic heterocycles. The quantitative estimate of drug-likeness (QED) is 0.303. The number of rotatable bonds is 5. The summed E-state index contributed by atoms with van der Waals surface area (Å²) < 4.78 is 4.49. The average molecular weight is 217 g/mol. The van der Waals surface area contributed by atoms with Crippen LogP contribution in [-0.4, -0.2) is 43.8 Å². The van der Waals surface area contributed by atoms with Crippen molar-refractivity contribution in [2.45, 2.75) is 25.3 Å². The molecule has 0 radical (unpaired) electrons. The third-order valence-corrected chi connectivity index (χ3v) is 2.62. The Kier molecular flexibility index (Phi) is 6.14. The van der Waals surface area contributed by atoms with Crippen molar-refractivity contribution in [3.05, 3.63) is 0 Å². The molecule has 5 heteroatoms. The minimum atomic E-state index is 0.565. The van der Waals surface area contributed by atoms with Crippen molar-refractivity contribution in [1.82, 2.24) is 10.2 Å². The molecule has 1 N–H and O–H groups in total. The van der Waals surface area contributed by atoms with Crippen LogP contribution in [0.1, 0.15) is 19.3 Å². The molecular formula is C11H16BN3O. The van der Waals surface area contributed by atoms with Crippen LogP contribution >= 0.6 is 0 Å². The number of hydrogen-bond donors (Lipinski definition) is 1. The van der Waals surface area contributed by atoms with Gasteiger partial charge >= 0.3 is 96.9 Å². The summed E-state index contributed by atoms with van der Waals surface area (Å²) in [6.45, 7) is 2.87. The van der Waals surface area contributed by atoms with E-state index in [0.717, 1.165) is 38.9 Å². The van der Waals surface area contributed by atoms with Gasteiger partial charge in [0.25, 0.3) is 0 Å². The van der Waals surface area contributed by atoms with E-state index in [9.17, 15) is 0 Å². The Bertz CT molecular complexity index is 297. The molecule has 0 aliphatic carbocycles. The van der Waals surface area contributed by atoms with Crippen LogP contribution in [0.2, 0.25) is 0 Å². The molecule has 84 valence electrons. The van der Waals surface area contributed by atoms with Gasteiger partial charge in [-0.15, -0.1) is 0 Å². The third-order valence-electron chi connectivity index (χ3n) is 2.62. The van der Waals surface area contributed by atoms with Crippen molar-refractivity contribution in [3.63, 3.8) is 0 Å². The SMILES string of the molecule is C#CCCNC1CCN(C=BOC#N)CC1. The molecule has 0 unspecified atom stereocenters. The molecule has 0 spiro atoms. The number of piperidine rings is 1. The Morgan fingerprint density at radius 3 is 2.94 bits per heavy atom. The Labute approximate surface area is 97.5 Å². The second kappa shape index (κ2) is 7.79. The molecule has 0 aromatic carbocycles. The molecule has 0 bridgehead atoms. The van der Waals surface area contributed by atoms with Crippen LogP contribution in [0.4, 0.5) is 0 Å². The molecule has 1 saturated heterocycles. The van der Waals surface area contributed by atoms with Gasteiger partial charge in [-0.3, -0.25) is 0 Å². The van der Waals surface area contributed by atoms with Gasteiger partial charge in [-0.1, -0.05) is 0 Å². The second-order valence-corrected chi connectivity index (χ2v) is 3.71. The van der Waals surface area contributed by atoms with Crippen molar-refractivity contribution >= 4 is 13.2 Å². The van der Waals surface area contributed by atoms with Crippen LogP contribution in [0.5, 0.6) is 0 Å². The van der Waals surface area contributed by atoms with E-state index in [1.54, 1.807) is 6.26 Å². The second-order valence-electron chi connectivity index (χ2n) is 3.71. The van der Waals surface area contributed by atoms with E-state index in [0.29, 0.717) is 6.04 Å². The fraction of sp³-hybridized carbons (Fsp3) is 0.636. The number of hydrogen-bond acceptors (Lipinski definition) is 4. The number of likely N-dealkylation sites (tertiary alicyclic amines) is 1. The summed E-state index contributed by atoms with van der Waals surface area (Å²) in [5, 5.41) is 11.6. The fourth-order valence-electron chi connectivity index (χ4n) is 1.75. The number of terminal acetylenes is 1. The molecule has 0 atom stereocenters. The summed E-state index contributed by atoms with van der Waals surface area (Å²) in [6.07, 6.45) is 11.6. The van der Waals surface area contributed by atoms with E-state index in [-0.39, 0.29) is 0 Å². The topological polar surface area (TPSA) is 48.3 Å². The van der Waals surface area contributed by atoms with Gasteiger partial charge in [-0.05, 0) is 0 Å². The van der Waals surface area contributed by atoms with Gasteiger partial charge < -0.3 is 0 Å². The van der Waals surface area contributed by atoms with Gasteiger partial charge in [-0.25, -0.2) is 0 Å². The standard InChI is InChI=1S/C11H16BN3O/c1-2-3-6-14-11-4-7-15(8-5-11)9-12-16-10-13/h1,9,11,14H,3-8H2. The zero-order valence-electron chi connectivity index (χ0n) is 9.35. The first-order valence-electron chi connectivity index (χ1n) is 5.49. The molecular weight excluding hydrogens is 201 g/mol. The molecule has 1 aliphatic rings. The van der Waals surface area contributed by atoms with E-state index in [2.05, 4.69) is 20.8 Å². The zero-order chi connectivity index (χ0) is 11.6. The maximum absolute atomic E-state index is 8.19. The fourth-order valence-corrected chi connectivity index (χ4v) is 1.75. The summed E-state index contributed by atoms with van der Waals surface area (Å²) in [5.41, 5.74) is 0. The van der Waals surface area contributed by atoms with Gasteiger partial charge in [0, 0.05) is 0 Å². The molecule has 0 amide bonds. The number of nitrogens with one attached hydrogen (secondary N) is 1. The average Bonchev–Trinajstić information content (AvgIpc) is 2.32. The molecule has 16 heavy (non-hydrogen) atoms. The monoisotopic (exact) mass is 217 g/mol.